The van der Waals surface area contributed by atoms with Crippen LogP contribution in [0.2, 0.25) is 0 Å². The van der Waals surface area contributed by atoms with Crippen LogP contribution in [0.1, 0.15) is 11.3 Å². The van der Waals surface area contributed by atoms with Gasteiger partial charge in [0.1, 0.15) is 5.76 Å². The Labute approximate surface area is 150 Å². The molecule has 1 heterocycles. The van der Waals surface area contributed by atoms with Crippen molar-refractivity contribution in [2.24, 2.45) is 0 Å². The molecule has 0 amide bonds. The molecule has 3 aromatic carbocycles. The third-order valence-corrected chi connectivity index (χ3v) is 4.19. The summed E-state index contributed by atoms with van der Waals surface area (Å²) in [6.07, 6.45) is 1.62. The second-order valence-electron chi connectivity index (χ2n) is 5.86. The van der Waals surface area contributed by atoms with Crippen molar-refractivity contribution in [1.29, 1.82) is 0 Å². The standard InChI is InChI=1S/C22H16N2O2/c25-21(16-9-3-1-4-10-16)15-20-18-13-7-8-14-19(18)23-22(26)24(20)17-11-5-2-6-12-17/h1-15,25H/b21-15-. The number of aliphatic hydroxyl groups excluding tert-OH is 1. The van der Waals surface area contributed by atoms with Gasteiger partial charge in [-0.25, -0.2) is 4.79 Å². The summed E-state index contributed by atoms with van der Waals surface area (Å²) < 4.78 is 1.52. The zero-order valence-corrected chi connectivity index (χ0v) is 13.9. The van der Waals surface area contributed by atoms with Crippen LogP contribution in [-0.2, 0) is 0 Å². The van der Waals surface area contributed by atoms with E-state index < -0.39 is 0 Å². The summed E-state index contributed by atoms with van der Waals surface area (Å²) >= 11 is 0. The molecular weight excluding hydrogens is 324 g/mol. The second-order valence-corrected chi connectivity index (χ2v) is 5.86. The van der Waals surface area contributed by atoms with Gasteiger partial charge < -0.3 is 5.11 Å². The smallest absolute Gasteiger partial charge is 0.353 e. The fourth-order valence-electron chi connectivity index (χ4n) is 2.95. The van der Waals surface area contributed by atoms with E-state index in [1.807, 2.05) is 78.9 Å². The summed E-state index contributed by atoms with van der Waals surface area (Å²) in [6.45, 7) is 0. The van der Waals surface area contributed by atoms with Crippen molar-refractivity contribution in [2.75, 3.05) is 0 Å². The van der Waals surface area contributed by atoms with Gasteiger partial charge in [-0.05, 0) is 18.2 Å². The minimum Gasteiger partial charge on any atom is -0.507 e. The lowest BCUT2D eigenvalue weighted by Crippen LogP contribution is -2.23. The van der Waals surface area contributed by atoms with E-state index in [-0.39, 0.29) is 11.4 Å². The Morgan fingerprint density at radius 3 is 2.19 bits per heavy atom. The average molecular weight is 340 g/mol. The first-order valence-corrected chi connectivity index (χ1v) is 8.27. The number of fused-ring (bicyclic) bond motifs is 1. The van der Waals surface area contributed by atoms with Gasteiger partial charge in [-0.1, -0.05) is 66.7 Å². The van der Waals surface area contributed by atoms with Gasteiger partial charge in [0.05, 0.1) is 16.9 Å². The maximum atomic E-state index is 12.7. The summed E-state index contributed by atoms with van der Waals surface area (Å²) in [4.78, 5) is 16.9. The van der Waals surface area contributed by atoms with Crippen LogP contribution in [0.4, 0.5) is 0 Å². The van der Waals surface area contributed by atoms with E-state index in [9.17, 15) is 9.90 Å². The summed E-state index contributed by atoms with van der Waals surface area (Å²) in [5, 5.41) is 11.4. The van der Waals surface area contributed by atoms with Crippen molar-refractivity contribution in [3.63, 3.8) is 0 Å². The molecule has 4 rings (SSSR count). The quantitative estimate of drug-likeness (QED) is 0.561. The van der Waals surface area contributed by atoms with Crippen LogP contribution < -0.4 is 5.69 Å². The molecule has 0 saturated heterocycles. The lowest BCUT2D eigenvalue weighted by Gasteiger charge is -2.13. The largest absolute Gasteiger partial charge is 0.507 e. The van der Waals surface area contributed by atoms with Crippen molar-refractivity contribution in [1.82, 2.24) is 9.55 Å². The second kappa shape index (κ2) is 6.69. The Bertz CT molecular complexity index is 1150. The normalized spacial score (nSPS) is 11.6. The van der Waals surface area contributed by atoms with Crippen molar-refractivity contribution in [3.8, 4) is 5.69 Å². The van der Waals surface area contributed by atoms with Gasteiger partial charge in [-0.15, -0.1) is 0 Å². The summed E-state index contributed by atoms with van der Waals surface area (Å²) in [7, 11) is 0. The first-order chi connectivity index (χ1) is 12.7. The highest BCUT2D eigenvalue weighted by atomic mass is 16.3. The molecule has 0 aliphatic rings. The highest BCUT2D eigenvalue weighted by Gasteiger charge is 2.12. The van der Waals surface area contributed by atoms with E-state index in [1.165, 1.54) is 4.57 Å². The van der Waals surface area contributed by atoms with Crippen LogP contribution in [0.3, 0.4) is 0 Å². The first kappa shape index (κ1) is 15.8. The van der Waals surface area contributed by atoms with Crippen molar-refractivity contribution >= 4 is 22.7 Å². The maximum Gasteiger partial charge on any atom is 0.353 e. The topological polar surface area (TPSA) is 55.1 Å². The SMILES string of the molecule is O=c1nc2ccccc2c(/C=C(\O)c2ccccc2)n1-c1ccccc1. The van der Waals surface area contributed by atoms with Crippen molar-refractivity contribution < 1.29 is 5.11 Å². The van der Waals surface area contributed by atoms with Crippen LogP contribution >= 0.6 is 0 Å². The maximum absolute atomic E-state index is 12.7. The highest BCUT2D eigenvalue weighted by molar-refractivity contribution is 5.91. The Hall–Kier alpha value is -3.66. The van der Waals surface area contributed by atoms with E-state index in [0.717, 1.165) is 5.39 Å². The molecule has 1 N–H and O–H groups in total. The average Bonchev–Trinajstić information content (AvgIpc) is 2.69. The predicted molar refractivity (Wildman–Crippen MR) is 104 cm³/mol. The van der Waals surface area contributed by atoms with E-state index >= 15 is 0 Å². The summed E-state index contributed by atoms with van der Waals surface area (Å²) in [5.41, 5.74) is 2.18. The monoisotopic (exact) mass is 340 g/mol. The number of nitrogens with zero attached hydrogens (tertiary/aromatic N) is 2. The van der Waals surface area contributed by atoms with Crippen molar-refractivity contribution in [3.05, 3.63) is 107 Å². The molecule has 0 unspecified atom stereocenters. The molecule has 4 heteroatoms. The van der Waals surface area contributed by atoms with Gasteiger partial charge in [0.15, 0.2) is 0 Å². The molecule has 0 atom stereocenters. The third-order valence-electron chi connectivity index (χ3n) is 4.19. The lowest BCUT2D eigenvalue weighted by molar-refractivity contribution is 0.515. The van der Waals surface area contributed by atoms with Gasteiger partial charge in [0, 0.05) is 17.0 Å². The molecule has 0 bridgehead atoms. The molecular formula is C22H16N2O2. The van der Waals surface area contributed by atoms with E-state index in [0.29, 0.717) is 22.5 Å². The molecule has 126 valence electrons. The van der Waals surface area contributed by atoms with Crippen molar-refractivity contribution in [2.45, 2.75) is 0 Å². The van der Waals surface area contributed by atoms with Gasteiger partial charge in [-0.2, -0.15) is 4.98 Å². The Morgan fingerprint density at radius 1 is 0.846 bits per heavy atom. The number of para-hydroxylation sites is 2. The number of aromatic nitrogens is 2. The van der Waals surface area contributed by atoms with Crippen LogP contribution in [0.5, 0.6) is 0 Å². The molecule has 4 nitrogen and oxygen atoms in total. The molecule has 0 fully saturated rings. The molecule has 0 spiro atoms. The van der Waals surface area contributed by atoms with Crippen LogP contribution in [0.25, 0.3) is 28.4 Å². The van der Waals surface area contributed by atoms with Gasteiger partial charge in [-0.3, -0.25) is 4.57 Å². The Morgan fingerprint density at radius 2 is 1.46 bits per heavy atom. The number of hydrogen-bond donors (Lipinski definition) is 1. The lowest BCUT2D eigenvalue weighted by atomic mass is 10.1. The minimum absolute atomic E-state index is 0.0889. The number of benzene rings is 3. The fraction of sp³-hybridized carbons (Fsp3) is 0. The zero-order valence-electron chi connectivity index (χ0n) is 13.9. The van der Waals surface area contributed by atoms with Gasteiger partial charge >= 0.3 is 5.69 Å². The minimum atomic E-state index is -0.387. The number of aliphatic hydroxyl groups is 1. The molecule has 26 heavy (non-hydrogen) atoms. The highest BCUT2D eigenvalue weighted by Crippen LogP contribution is 2.23. The zero-order chi connectivity index (χ0) is 17.9. The van der Waals surface area contributed by atoms with Crippen LogP contribution in [0, 0.1) is 0 Å². The predicted octanol–water partition coefficient (Wildman–Crippen LogP) is 4.44. The number of hydrogen-bond acceptors (Lipinski definition) is 3. The third kappa shape index (κ3) is 2.89. The first-order valence-electron chi connectivity index (χ1n) is 8.27. The van der Waals surface area contributed by atoms with E-state index in [2.05, 4.69) is 4.98 Å². The summed E-state index contributed by atoms with van der Waals surface area (Å²) in [6, 6.07) is 26.0. The van der Waals surface area contributed by atoms with Crippen LogP contribution in [-0.4, -0.2) is 14.7 Å². The molecule has 0 aliphatic carbocycles. The van der Waals surface area contributed by atoms with E-state index in [1.54, 1.807) is 12.1 Å². The molecule has 0 aliphatic heterocycles. The Balaban J connectivity index is 2.04. The van der Waals surface area contributed by atoms with E-state index in [4.69, 9.17) is 0 Å². The molecule has 1 aromatic heterocycles. The van der Waals surface area contributed by atoms with Crippen LogP contribution in [0.15, 0.2) is 89.7 Å². The van der Waals surface area contributed by atoms with Gasteiger partial charge in [0.2, 0.25) is 0 Å². The summed E-state index contributed by atoms with van der Waals surface area (Å²) in [5.74, 6) is 0.0889. The van der Waals surface area contributed by atoms with Gasteiger partial charge in [0.25, 0.3) is 0 Å². The fourth-order valence-corrected chi connectivity index (χ4v) is 2.95. The Kier molecular flexibility index (Phi) is 4.07. The molecule has 0 radical (unpaired) electrons. The molecule has 0 saturated carbocycles. The molecule has 4 aromatic rings. The number of rotatable bonds is 3.